The van der Waals surface area contributed by atoms with Gasteiger partial charge in [0.2, 0.25) is 0 Å². The SMILES string of the molecule is CCCCCCCNC1CCC(C)C1C. The minimum atomic E-state index is 0.811. The van der Waals surface area contributed by atoms with Crippen molar-refractivity contribution in [2.24, 2.45) is 11.8 Å². The maximum absolute atomic E-state index is 3.74. The van der Waals surface area contributed by atoms with E-state index >= 15 is 0 Å². The van der Waals surface area contributed by atoms with Gasteiger partial charge in [0.15, 0.2) is 0 Å². The summed E-state index contributed by atoms with van der Waals surface area (Å²) in [6.45, 7) is 8.32. The van der Waals surface area contributed by atoms with Gasteiger partial charge in [-0.25, -0.2) is 0 Å². The molecule has 0 aromatic carbocycles. The highest BCUT2D eigenvalue weighted by Gasteiger charge is 2.28. The molecule has 0 amide bonds. The van der Waals surface area contributed by atoms with Crippen molar-refractivity contribution >= 4 is 0 Å². The summed E-state index contributed by atoms with van der Waals surface area (Å²) in [5.41, 5.74) is 0. The Morgan fingerprint density at radius 3 is 2.33 bits per heavy atom. The minimum absolute atomic E-state index is 0.811. The molecule has 0 radical (unpaired) electrons. The lowest BCUT2D eigenvalue weighted by molar-refractivity contribution is 0.368. The number of hydrogen-bond donors (Lipinski definition) is 1. The molecule has 0 spiro atoms. The Balaban J connectivity index is 1.96. The van der Waals surface area contributed by atoms with Crippen molar-refractivity contribution in [1.29, 1.82) is 0 Å². The first-order valence-corrected chi connectivity index (χ1v) is 6.99. The van der Waals surface area contributed by atoms with Crippen molar-refractivity contribution in [2.45, 2.75) is 71.8 Å². The quantitative estimate of drug-likeness (QED) is 0.628. The van der Waals surface area contributed by atoms with Crippen LogP contribution in [0.3, 0.4) is 0 Å². The first kappa shape index (κ1) is 13.0. The third-order valence-corrected chi connectivity index (χ3v) is 4.15. The van der Waals surface area contributed by atoms with E-state index in [9.17, 15) is 0 Å². The fraction of sp³-hybridized carbons (Fsp3) is 1.00. The van der Waals surface area contributed by atoms with Gasteiger partial charge in [-0.15, -0.1) is 0 Å². The van der Waals surface area contributed by atoms with Gasteiger partial charge >= 0.3 is 0 Å². The molecule has 0 aliphatic heterocycles. The van der Waals surface area contributed by atoms with Crippen LogP contribution in [0.25, 0.3) is 0 Å². The van der Waals surface area contributed by atoms with E-state index in [1.54, 1.807) is 0 Å². The van der Waals surface area contributed by atoms with Gasteiger partial charge in [0.1, 0.15) is 0 Å². The van der Waals surface area contributed by atoms with Crippen molar-refractivity contribution in [3.8, 4) is 0 Å². The predicted octanol–water partition coefficient (Wildman–Crippen LogP) is 3.98. The summed E-state index contributed by atoms with van der Waals surface area (Å²) >= 11 is 0. The highest BCUT2D eigenvalue weighted by Crippen LogP contribution is 2.30. The van der Waals surface area contributed by atoms with Crippen LogP contribution in [0.5, 0.6) is 0 Å². The Labute approximate surface area is 96.0 Å². The summed E-state index contributed by atoms with van der Waals surface area (Å²) in [7, 11) is 0. The van der Waals surface area contributed by atoms with E-state index in [1.165, 1.54) is 51.5 Å². The average Bonchev–Trinajstić information content (AvgIpc) is 2.54. The fourth-order valence-corrected chi connectivity index (χ4v) is 2.67. The van der Waals surface area contributed by atoms with E-state index in [4.69, 9.17) is 0 Å². The summed E-state index contributed by atoms with van der Waals surface area (Å²) in [6.07, 6.45) is 9.80. The van der Waals surface area contributed by atoms with E-state index in [1.807, 2.05) is 0 Å². The second-order valence-corrected chi connectivity index (χ2v) is 5.39. The molecule has 1 rings (SSSR count). The molecule has 0 aromatic heterocycles. The highest BCUT2D eigenvalue weighted by atomic mass is 14.9. The molecule has 1 aliphatic carbocycles. The number of nitrogens with one attached hydrogen (secondary N) is 1. The molecule has 0 heterocycles. The molecule has 1 saturated carbocycles. The Morgan fingerprint density at radius 2 is 1.73 bits per heavy atom. The molecule has 0 bridgehead atoms. The van der Waals surface area contributed by atoms with Gasteiger partial charge in [0, 0.05) is 6.04 Å². The Kier molecular flexibility index (Phi) is 6.31. The van der Waals surface area contributed by atoms with Crippen molar-refractivity contribution in [3.63, 3.8) is 0 Å². The average molecular weight is 211 g/mol. The molecule has 3 atom stereocenters. The highest BCUT2D eigenvalue weighted by molar-refractivity contribution is 4.84. The number of unbranched alkanes of at least 4 members (excludes halogenated alkanes) is 4. The molecular weight excluding hydrogens is 182 g/mol. The maximum atomic E-state index is 3.74. The third-order valence-electron chi connectivity index (χ3n) is 4.15. The monoisotopic (exact) mass is 211 g/mol. The molecule has 3 unspecified atom stereocenters. The van der Waals surface area contributed by atoms with Gasteiger partial charge < -0.3 is 5.32 Å². The second kappa shape index (κ2) is 7.27. The Bertz CT molecular complexity index is 155. The predicted molar refractivity (Wildman–Crippen MR) is 68.1 cm³/mol. The lowest BCUT2D eigenvalue weighted by Crippen LogP contribution is -2.33. The van der Waals surface area contributed by atoms with Crippen LogP contribution in [0, 0.1) is 11.8 Å². The van der Waals surface area contributed by atoms with Crippen molar-refractivity contribution in [3.05, 3.63) is 0 Å². The van der Waals surface area contributed by atoms with Gasteiger partial charge in [0.25, 0.3) is 0 Å². The van der Waals surface area contributed by atoms with Crippen molar-refractivity contribution in [1.82, 2.24) is 5.32 Å². The van der Waals surface area contributed by atoms with Gasteiger partial charge in [-0.3, -0.25) is 0 Å². The summed E-state index contributed by atoms with van der Waals surface area (Å²) < 4.78 is 0. The standard InChI is InChI=1S/C14H29N/c1-4-5-6-7-8-11-15-14-10-9-12(2)13(14)3/h12-15H,4-11H2,1-3H3. The summed E-state index contributed by atoms with van der Waals surface area (Å²) in [4.78, 5) is 0. The number of hydrogen-bond acceptors (Lipinski definition) is 1. The molecule has 1 nitrogen and oxygen atoms in total. The van der Waals surface area contributed by atoms with Crippen LogP contribution in [0.15, 0.2) is 0 Å². The van der Waals surface area contributed by atoms with E-state index in [0.717, 1.165) is 17.9 Å². The van der Waals surface area contributed by atoms with E-state index in [-0.39, 0.29) is 0 Å². The molecule has 0 saturated heterocycles. The van der Waals surface area contributed by atoms with Gasteiger partial charge in [-0.1, -0.05) is 46.5 Å². The molecule has 15 heavy (non-hydrogen) atoms. The van der Waals surface area contributed by atoms with Crippen LogP contribution in [-0.2, 0) is 0 Å². The van der Waals surface area contributed by atoms with Crippen molar-refractivity contribution < 1.29 is 0 Å². The van der Waals surface area contributed by atoms with Gasteiger partial charge in [-0.2, -0.15) is 0 Å². The second-order valence-electron chi connectivity index (χ2n) is 5.39. The molecule has 0 aromatic rings. The fourth-order valence-electron chi connectivity index (χ4n) is 2.67. The van der Waals surface area contributed by atoms with Crippen molar-refractivity contribution in [2.75, 3.05) is 6.54 Å². The normalized spacial score (nSPS) is 31.0. The van der Waals surface area contributed by atoms with E-state index < -0.39 is 0 Å². The molecular formula is C14H29N. The first-order chi connectivity index (χ1) is 7.25. The molecule has 1 fully saturated rings. The molecule has 1 heteroatoms. The van der Waals surface area contributed by atoms with Crippen LogP contribution in [0.2, 0.25) is 0 Å². The number of rotatable bonds is 7. The minimum Gasteiger partial charge on any atom is -0.314 e. The zero-order valence-electron chi connectivity index (χ0n) is 10.9. The van der Waals surface area contributed by atoms with E-state index in [2.05, 4.69) is 26.1 Å². The summed E-state index contributed by atoms with van der Waals surface area (Å²) in [5, 5.41) is 3.74. The van der Waals surface area contributed by atoms with Crippen LogP contribution in [0.1, 0.15) is 65.7 Å². The molecule has 1 N–H and O–H groups in total. The van der Waals surface area contributed by atoms with Gasteiger partial charge in [-0.05, 0) is 37.6 Å². The van der Waals surface area contributed by atoms with Crippen LogP contribution < -0.4 is 5.32 Å². The largest absolute Gasteiger partial charge is 0.314 e. The third kappa shape index (κ3) is 4.55. The zero-order valence-corrected chi connectivity index (χ0v) is 10.9. The summed E-state index contributed by atoms with van der Waals surface area (Å²) in [6, 6.07) is 0.811. The molecule has 1 aliphatic rings. The topological polar surface area (TPSA) is 12.0 Å². The molecule has 90 valence electrons. The first-order valence-electron chi connectivity index (χ1n) is 6.99. The zero-order chi connectivity index (χ0) is 11.1. The van der Waals surface area contributed by atoms with Crippen LogP contribution in [0.4, 0.5) is 0 Å². The van der Waals surface area contributed by atoms with E-state index in [0.29, 0.717) is 0 Å². The lowest BCUT2D eigenvalue weighted by atomic mass is 9.98. The summed E-state index contributed by atoms with van der Waals surface area (Å²) in [5.74, 6) is 1.82. The Morgan fingerprint density at radius 1 is 1.00 bits per heavy atom. The lowest BCUT2D eigenvalue weighted by Gasteiger charge is -2.19. The smallest absolute Gasteiger partial charge is 0.00953 e. The van der Waals surface area contributed by atoms with Crippen LogP contribution in [-0.4, -0.2) is 12.6 Å². The Hall–Kier alpha value is -0.0400. The maximum Gasteiger partial charge on any atom is 0.00953 e. The van der Waals surface area contributed by atoms with Crippen LogP contribution >= 0.6 is 0 Å². The van der Waals surface area contributed by atoms with Gasteiger partial charge in [0.05, 0.1) is 0 Å².